The summed E-state index contributed by atoms with van der Waals surface area (Å²) in [7, 11) is 0. The van der Waals surface area contributed by atoms with Crippen LogP contribution in [0.4, 0.5) is 13.2 Å². The van der Waals surface area contributed by atoms with E-state index in [4.69, 9.17) is 10.5 Å². The predicted octanol–water partition coefficient (Wildman–Crippen LogP) is 2.96. The third-order valence-electron chi connectivity index (χ3n) is 2.23. The van der Waals surface area contributed by atoms with Gasteiger partial charge in [-0.05, 0) is 24.6 Å². The smallest absolute Gasteiger partial charge is 0.466 e. The lowest BCUT2D eigenvalue weighted by Gasteiger charge is -2.13. The van der Waals surface area contributed by atoms with E-state index in [2.05, 4.69) is 4.74 Å². The Labute approximate surface area is 120 Å². The third kappa shape index (κ3) is 6.63. The van der Waals surface area contributed by atoms with Gasteiger partial charge in [0.05, 0.1) is 13.0 Å². The number of hydrogen-bond donors (Lipinski definition) is 1. The van der Waals surface area contributed by atoms with Crippen LogP contribution >= 0.6 is 12.4 Å². The number of alkyl halides is 3. The fourth-order valence-electron chi connectivity index (χ4n) is 1.43. The van der Waals surface area contributed by atoms with Gasteiger partial charge in [-0.3, -0.25) is 4.79 Å². The van der Waals surface area contributed by atoms with Gasteiger partial charge in [0.2, 0.25) is 0 Å². The Morgan fingerprint density at radius 2 is 1.85 bits per heavy atom. The molecule has 0 aromatic heterocycles. The van der Waals surface area contributed by atoms with E-state index >= 15 is 0 Å². The van der Waals surface area contributed by atoms with Gasteiger partial charge in [-0.15, -0.1) is 25.6 Å². The van der Waals surface area contributed by atoms with Crippen molar-refractivity contribution in [1.82, 2.24) is 0 Å². The molecule has 0 spiro atoms. The highest BCUT2D eigenvalue weighted by Gasteiger charge is 2.31. The van der Waals surface area contributed by atoms with E-state index < -0.39 is 18.4 Å². The van der Waals surface area contributed by atoms with Crippen LogP contribution < -0.4 is 10.5 Å². The largest absolute Gasteiger partial charge is 0.573 e. The Kier molecular flexibility index (Phi) is 7.38. The van der Waals surface area contributed by atoms with Crippen molar-refractivity contribution in [3.05, 3.63) is 29.8 Å². The van der Waals surface area contributed by atoms with Crippen molar-refractivity contribution < 1.29 is 27.4 Å². The van der Waals surface area contributed by atoms with Gasteiger partial charge in [0.25, 0.3) is 0 Å². The van der Waals surface area contributed by atoms with Crippen molar-refractivity contribution in [2.75, 3.05) is 6.61 Å². The van der Waals surface area contributed by atoms with Crippen LogP contribution in [-0.2, 0) is 9.53 Å². The zero-order valence-electron chi connectivity index (χ0n) is 10.6. The molecule has 1 aromatic carbocycles. The van der Waals surface area contributed by atoms with E-state index in [1.807, 2.05) is 0 Å². The molecule has 0 bridgehead atoms. The van der Waals surface area contributed by atoms with Crippen LogP contribution in [0, 0.1) is 0 Å². The van der Waals surface area contributed by atoms with E-state index in [1.165, 1.54) is 12.1 Å². The summed E-state index contributed by atoms with van der Waals surface area (Å²) >= 11 is 0. The molecule has 0 aliphatic rings. The standard InChI is InChI=1S/C12H14F3NO3.ClH/c1-2-18-11(17)7-10(16)8-3-5-9(6-4-8)19-12(13,14)15;/h3-6,10H,2,7,16H2,1H3;1H/t10-;/m0./s1. The molecule has 2 N–H and O–H groups in total. The Morgan fingerprint density at radius 3 is 2.30 bits per heavy atom. The van der Waals surface area contributed by atoms with Gasteiger partial charge >= 0.3 is 12.3 Å². The summed E-state index contributed by atoms with van der Waals surface area (Å²) in [5.74, 6) is -0.787. The Bertz CT molecular complexity index is 423. The zero-order valence-corrected chi connectivity index (χ0v) is 11.5. The molecule has 0 saturated heterocycles. The van der Waals surface area contributed by atoms with Crippen molar-refractivity contribution in [2.45, 2.75) is 25.7 Å². The number of halogens is 4. The average molecular weight is 314 g/mol. The van der Waals surface area contributed by atoms with Crippen molar-refractivity contribution in [3.63, 3.8) is 0 Å². The summed E-state index contributed by atoms with van der Waals surface area (Å²) < 4.78 is 44.3. The Morgan fingerprint density at radius 1 is 1.30 bits per heavy atom. The summed E-state index contributed by atoms with van der Waals surface area (Å²) in [4.78, 5) is 11.2. The second-order valence-corrected chi connectivity index (χ2v) is 3.73. The minimum absolute atomic E-state index is 0. The number of nitrogens with two attached hydrogens (primary N) is 1. The van der Waals surface area contributed by atoms with Gasteiger partial charge < -0.3 is 15.2 Å². The molecule has 20 heavy (non-hydrogen) atoms. The molecular weight excluding hydrogens is 299 g/mol. The second kappa shape index (κ2) is 7.96. The first-order valence-corrected chi connectivity index (χ1v) is 5.58. The van der Waals surface area contributed by atoms with Crippen LogP contribution in [-0.4, -0.2) is 18.9 Å². The van der Waals surface area contributed by atoms with Crippen molar-refractivity contribution in [1.29, 1.82) is 0 Å². The normalized spacial score (nSPS) is 12.2. The number of ether oxygens (including phenoxy) is 2. The number of rotatable bonds is 5. The number of carbonyl (C=O) groups excluding carboxylic acids is 1. The topological polar surface area (TPSA) is 61.5 Å². The van der Waals surface area contributed by atoms with Gasteiger partial charge in [0.1, 0.15) is 5.75 Å². The van der Waals surface area contributed by atoms with Gasteiger partial charge in [0, 0.05) is 6.04 Å². The molecule has 1 atom stereocenters. The van der Waals surface area contributed by atoms with E-state index in [1.54, 1.807) is 6.92 Å². The van der Waals surface area contributed by atoms with Crippen LogP contribution in [0.15, 0.2) is 24.3 Å². The second-order valence-electron chi connectivity index (χ2n) is 3.73. The highest BCUT2D eigenvalue weighted by Crippen LogP contribution is 2.24. The van der Waals surface area contributed by atoms with E-state index in [0.29, 0.717) is 5.56 Å². The molecule has 1 rings (SSSR count). The maximum Gasteiger partial charge on any atom is 0.573 e. The number of benzene rings is 1. The van der Waals surface area contributed by atoms with Crippen molar-refractivity contribution in [3.8, 4) is 5.75 Å². The SMILES string of the molecule is CCOC(=O)C[C@H](N)c1ccc(OC(F)(F)F)cc1.Cl. The zero-order chi connectivity index (χ0) is 14.5. The molecule has 114 valence electrons. The van der Waals surface area contributed by atoms with Crippen LogP contribution in [0.2, 0.25) is 0 Å². The molecule has 0 radical (unpaired) electrons. The minimum atomic E-state index is -4.73. The molecule has 0 saturated carbocycles. The summed E-state index contributed by atoms with van der Waals surface area (Å²) in [6.45, 7) is 1.93. The number of hydrogen-bond acceptors (Lipinski definition) is 4. The molecule has 0 amide bonds. The minimum Gasteiger partial charge on any atom is -0.466 e. The first kappa shape index (κ1) is 18.5. The maximum atomic E-state index is 11.9. The molecular formula is C12H15ClF3NO3. The van der Waals surface area contributed by atoms with Crippen LogP contribution in [0.25, 0.3) is 0 Å². The monoisotopic (exact) mass is 313 g/mol. The van der Waals surface area contributed by atoms with Crippen LogP contribution in [0.1, 0.15) is 24.9 Å². The lowest BCUT2D eigenvalue weighted by atomic mass is 10.0. The third-order valence-corrected chi connectivity index (χ3v) is 2.23. The quantitative estimate of drug-likeness (QED) is 0.849. The van der Waals surface area contributed by atoms with E-state index in [9.17, 15) is 18.0 Å². The highest BCUT2D eigenvalue weighted by molar-refractivity contribution is 5.85. The molecule has 0 aliphatic carbocycles. The number of esters is 1. The first-order chi connectivity index (χ1) is 8.81. The predicted molar refractivity (Wildman–Crippen MR) is 68.6 cm³/mol. The van der Waals surface area contributed by atoms with Crippen molar-refractivity contribution >= 4 is 18.4 Å². The van der Waals surface area contributed by atoms with Crippen LogP contribution in [0.5, 0.6) is 5.75 Å². The first-order valence-electron chi connectivity index (χ1n) is 5.58. The molecule has 0 fully saturated rings. The summed E-state index contributed by atoms with van der Waals surface area (Å²) in [5, 5.41) is 0. The fourth-order valence-corrected chi connectivity index (χ4v) is 1.43. The van der Waals surface area contributed by atoms with Gasteiger partial charge in [-0.2, -0.15) is 0 Å². The van der Waals surface area contributed by atoms with Gasteiger partial charge in [-0.25, -0.2) is 0 Å². The Balaban J connectivity index is 0.00000361. The summed E-state index contributed by atoms with van der Waals surface area (Å²) in [6.07, 6.45) is -4.76. The molecule has 1 aromatic rings. The van der Waals surface area contributed by atoms with Gasteiger partial charge in [-0.1, -0.05) is 12.1 Å². The van der Waals surface area contributed by atoms with Gasteiger partial charge in [0.15, 0.2) is 0 Å². The Hall–Kier alpha value is -1.47. The lowest BCUT2D eigenvalue weighted by molar-refractivity contribution is -0.274. The summed E-state index contributed by atoms with van der Waals surface area (Å²) in [5.41, 5.74) is 6.27. The van der Waals surface area contributed by atoms with E-state index in [-0.39, 0.29) is 31.2 Å². The highest BCUT2D eigenvalue weighted by atomic mass is 35.5. The van der Waals surface area contributed by atoms with E-state index in [0.717, 1.165) is 12.1 Å². The van der Waals surface area contributed by atoms with Crippen molar-refractivity contribution in [2.24, 2.45) is 5.73 Å². The van der Waals surface area contributed by atoms with Crippen LogP contribution in [0.3, 0.4) is 0 Å². The summed E-state index contributed by atoms with van der Waals surface area (Å²) in [6, 6.07) is 4.43. The molecule has 0 heterocycles. The fraction of sp³-hybridized carbons (Fsp3) is 0.417. The molecule has 0 unspecified atom stereocenters. The number of carbonyl (C=O) groups is 1. The maximum absolute atomic E-state index is 11.9. The average Bonchev–Trinajstić information content (AvgIpc) is 2.27. The molecule has 8 heteroatoms. The molecule has 4 nitrogen and oxygen atoms in total. The molecule has 0 aliphatic heterocycles. The lowest BCUT2D eigenvalue weighted by Crippen LogP contribution is -2.18.